The quantitative estimate of drug-likeness (QED) is 0.362. The van der Waals surface area contributed by atoms with E-state index >= 15 is 0 Å². The lowest BCUT2D eigenvalue weighted by molar-refractivity contribution is -0.148. The van der Waals surface area contributed by atoms with E-state index in [1.54, 1.807) is 17.8 Å². The molecule has 2 heterocycles. The van der Waals surface area contributed by atoms with E-state index in [0.717, 1.165) is 24.8 Å². The van der Waals surface area contributed by atoms with E-state index in [1.807, 2.05) is 50.2 Å². The molecule has 190 valence electrons. The molecule has 4 rings (SSSR count). The molecule has 0 amide bonds. The molecule has 2 aromatic heterocycles. The Morgan fingerprint density at radius 3 is 2.61 bits per heavy atom. The maximum absolute atomic E-state index is 12.7. The van der Waals surface area contributed by atoms with Gasteiger partial charge >= 0.3 is 11.9 Å². The van der Waals surface area contributed by atoms with Gasteiger partial charge in [-0.3, -0.25) is 14.3 Å². The van der Waals surface area contributed by atoms with Gasteiger partial charge in [0.2, 0.25) is 0 Å². The van der Waals surface area contributed by atoms with Gasteiger partial charge in [0.05, 0.1) is 35.5 Å². The van der Waals surface area contributed by atoms with Crippen LogP contribution in [0.5, 0.6) is 5.75 Å². The SMILES string of the molecule is Cc1nc(-c2nnn(C)c2CC(=O)O[C@H](C)c2ccccc2)ccc1OC1CCCCC(C(=O)O)C1. The number of carbonyl (C=O) groups excluding carboxylic acids is 1. The van der Waals surface area contributed by atoms with Crippen molar-refractivity contribution in [3.05, 3.63) is 59.4 Å². The third-order valence-electron chi connectivity index (χ3n) is 6.63. The summed E-state index contributed by atoms with van der Waals surface area (Å²) < 4.78 is 13.4. The second kappa shape index (κ2) is 11.3. The summed E-state index contributed by atoms with van der Waals surface area (Å²) in [6.07, 6.45) is 3.33. The van der Waals surface area contributed by atoms with Crippen molar-refractivity contribution < 1.29 is 24.2 Å². The fourth-order valence-electron chi connectivity index (χ4n) is 4.57. The average molecular weight is 493 g/mol. The molecule has 9 heteroatoms. The Balaban J connectivity index is 1.46. The largest absolute Gasteiger partial charge is 0.489 e. The van der Waals surface area contributed by atoms with Crippen LogP contribution in [-0.4, -0.2) is 43.1 Å². The van der Waals surface area contributed by atoms with Crippen LogP contribution in [0, 0.1) is 12.8 Å². The van der Waals surface area contributed by atoms with Crippen LogP contribution in [0.1, 0.15) is 62.1 Å². The van der Waals surface area contributed by atoms with Gasteiger partial charge in [-0.2, -0.15) is 0 Å². The minimum atomic E-state index is -0.762. The number of carboxylic acids is 1. The van der Waals surface area contributed by atoms with Crippen LogP contribution >= 0.6 is 0 Å². The standard InChI is InChI=1S/C27H32N4O5/c1-17-24(36-21-12-8-7-11-20(15-21)27(33)34)14-13-22(28-17)26-23(31(3)30-29-26)16-25(32)35-18(2)19-9-5-4-6-10-19/h4-6,9-10,13-14,18,20-21H,7-8,11-12,15-16H2,1-3H3,(H,33,34)/t18-,20?,21?/m1/s1. The van der Waals surface area contributed by atoms with Gasteiger partial charge in [-0.05, 0) is 57.2 Å². The summed E-state index contributed by atoms with van der Waals surface area (Å²) in [6, 6.07) is 13.2. The van der Waals surface area contributed by atoms with Crippen LogP contribution in [0.15, 0.2) is 42.5 Å². The summed E-state index contributed by atoms with van der Waals surface area (Å²) in [5, 5.41) is 17.8. The molecule has 1 saturated carbocycles. The van der Waals surface area contributed by atoms with Gasteiger partial charge in [0.15, 0.2) is 0 Å². The van der Waals surface area contributed by atoms with E-state index in [1.165, 1.54) is 0 Å². The van der Waals surface area contributed by atoms with E-state index in [9.17, 15) is 14.7 Å². The summed E-state index contributed by atoms with van der Waals surface area (Å²) in [5.74, 6) is -0.897. The third-order valence-corrected chi connectivity index (χ3v) is 6.63. The van der Waals surface area contributed by atoms with Crippen LogP contribution in [-0.2, 0) is 27.8 Å². The number of benzene rings is 1. The first-order valence-corrected chi connectivity index (χ1v) is 12.3. The second-order valence-electron chi connectivity index (χ2n) is 9.30. The van der Waals surface area contributed by atoms with Gasteiger partial charge in [0.1, 0.15) is 17.5 Å². The Labute approximate surface area is 210 Å². The van der Waals surface area contributed by atoms with Crippen molar-refractivity contribution in [3.63, 3.8) is 0 Å². The van der Waals surface area contributed by atoms with Crippen molar-refractivity contribution in [2.45, 2.75) is 64.6 Å². The van der Waals surface area contributed by atoms with Gasteiger partial charge in [-0.15, -0.1) is 5.10 Å². The van der Waals surface area contributed by atoms with Gasteiger partial charge in [-0.1, -0.05) is 42.0 Å². The lowest BCUT2D eigenvalue weighted by Crippen LogP contribution is -2.23. The highest BCUT2D eigenvalue weighted by atomic mass is 16.5. The van der Waals surface area contributed by atoms with Gasteiger partial charge in [0, 0.05) is 7.05 Å². The minimum Gasteiger partial charge on any atom is -0.489 e. The molecule has 1 N–H and O–H groups in total. The molecule has 1 fully saturated rings. The normalized spacial score (nSPS) is 18.8. The highest BCUT2D eigenvalue weighted by molar-refractivity contribution is 5.75. The van der Waals surface area contributed by atoms with Crippen molar-refractivity contribution in [1.82, 2.24) is 20.0 Å². The number of aromatic nitrogens is 4. The molecule has 0 radical (unpaired) electrons. The second-order valence-corrected chi connectivity index (χ2v) is 9.30. The number of esters is 1. The highest BCUT2D eigenvalue weighted by Crippen LogP contribution is 2.30. The molecule has 36 heavy (non-hydrogen) atoms. The fourth-order valence-corrected chi connectivity index (χ4v) is 4.57. The number of aryl methyl sites for hydroxylation is 2. The fraction of sp³-hybridized carbons (Fsp3) is 0.444. The Bertz CT molecular complexity index is 1210. The number of nitrogens with zero attached hydrogens (tertiary/aromatic N) is 4. The molecule has 0 spiro atoms. The van der Waals surface area contributed by atoms with E-state index in [2.05, 4.69) is 15.3 Å². The predicted octanol–water partition coefficient (Wildman–Crippen LogP) is 4.44. The zero-order valence-electron chi connectivity index (χ0n) is 20.9. The molecule has 1 aliphatic carbocycles. The summed E-state index contributed by atoms with van der Waals surface area (Å²) in [6.45, 7) is 3.68. The number of hydrogen-bond acceptors (Lipinski definition) is 7. The van der Waals surface area contributed by atoms with Crippen LogP contribution < -0.4 is 4.74 Å². The number of hydrogen-bond donors (Lipinski definition) is 1. The van der Waals surface area contributed by atoms with Gasteiger partial charge in [-0.25, -0.2) is 4.98 Å². The maximum atomic E-state index is 12.7. The van der Waals surface area contributed by atoms with Gasteiger partial charge in [0.25, 0.3) is 0 Å². The Kier molecular flexibility index (Phi) is 7.97. The summed E-state index contributed by atoms with van der Waals surface area (Å²) >= 11 is 0. The highest BCUT2D eigenvalue weighted by Gasteiger charge is 2.27. The number of ether oxygens (including phenoxy) is 2. The number of aliphatic carboxylic acids is 1. The summed E-state index contributed by atoms with van der Waals surface area (Å²) in [7, 11) is 1.73. The zero-order chi connectivity index (χ0) is 25.7. The molecule has 2 unspecified atom stereocenters. The Morgan fingerprint density at radius 2 is 1.89 bits per heavy atom. The first kappa shape index (κ1) is 25.3. The van der Waals surface area contributed by atoms with Crippen LogP contribution in [0.3, 0.4) is 0 Å². The van der Waals surface area contributed by atoms with Crippen molar-refractivity contribution in [1.29, 1.82) is 0 Å². The molecular weight excluding hydrogens is 460 g/mol. The van der Waals surface area contributed by atoms with Crippen LogP contribution in [0.4, 0.5) is 0 Å². The van der Waals surface area contributed by atoms with Crippen molar-refractivity contribution in [2.24, 2.45) is 13.0 Å². The maximum Gasteiger partial charge on any atom is 0.312 e. The first-order chi connectivity index (χ1) is 17.3. The zero-order valence-corrected chi connectivity index (χ0v) is 20.9. The number of rotatable bonds is 8. The van der Waals surface area contributed by atoms with Crippen molar-refractivity contribution in [2.75, 3.05) is 0 Å². The summed E-state index contributed by atoms with van der Waals surface area (Å²) in [5.41, 5.74) is 3.29. The molecule has 1 aliphatic rings. The lowest BCUT2D eigenvalue weighted by atomic mass is 9.99. The minimum absolute atomic E-state index is 0.00758. The van der Waals surface area contributed by atoms with E-state index in [-0.39, 0.29) is 30.5 Å². The molecule has 1 aromatic carbocycles. The molecule has 0 saturated heterocycles. The molecule has 0 aliphatic heterocycles. The average Bonchev–Trinajstić information content (AvgIpc) is 3.05. The predicted molar refractivity (Wildman–Crippen MR) is 132 cm³/mol. The van der Waals surface area contributed by atoms with Crippen LogP contribution in [0.2, 0.25) is 0 Å². The lowest BCUT2D eigenvalue weighted by Gasteiger charge is -2.20. The number of carbonyl (C=O) groups is 2. The molecule has 9 nitrogen and oxygen atoms in total. The number of pyridine rings is 1. The monoisotopic (exact) mass is 492 g/mol. The van der Waals surface area contributed by atoms with Crippen molar-refractivity contribution in [3.8, 4) is 17.1 Å². The Morgan fingerprint density at radius 1 is 1.14 bits per heavy atom. The van der Waals surface area contributed by atoms with Crippen LogP contribution in [0.25, 0.3) is 11.4 Å². The van der Waals surface area contributed by atoms with E-state index in [4.69, 9.17) is 9.47 Å². The molecule has 0 bridgehead atoms. The molecule has 3 atom stereocenters. The Hall–Kier alpha value is -3.75. The third kappa shape index (κ3) is 6.08. The van der Waals surface area contributed by atoms with Gasteiger partial charge < -0.3 is 14.6 Å². The smallest absolute Gasteiger partial charge is 0.312 e. The molecular formula is C27H32N4O5. The molecule has 3 aromatic rings. The first-order valence-electron chi connectivity index (χ1n) is 12.3. The van der Waals surface area contributed by atoms with E-state index in [0.29, 0.717) is 41.4 Å². The number of carboxylic acid groups (broad SMARTS) is 1. The summed E-state index contributed by atoms with van der Waals surface area (Å²) in [4.78, 5) is 28.9. The van der Waals surface area contributed by atoms with E-state index < -0.39 is 5.97 Å². The topological polar surface area (TPSA) is 116 Å². The van der Waals surface area contributed by atoms with Crippen molar-refractivity contribution >= 4 is 11.9 Å².